The van der Waals surface area contributed by atoms with Crippen molar-refractivity contribution in [1.82, 2.24) is 4.98 Å². The van der Waals surface area contributed by atoms with Gasteiger partial charge in [0.15, 0.2) is 0 Å². The fourth-order valence-corrected chi connectivity index (χ4v) is 2.25. The third-order valence-electron chi connectivity index (χ3n) is 3.42. The lowest BCUT2D eigenvalue weighted by molar-refractivity contribution is 0.319. The van der Waals surface area contributed by atoms with E-state index < -0.39 is 0 Å². The van der Waals surface area contributed by atoms with E-state index in [9.17, 15) is 0 Å². The highest BCUT2D eigenvalue weighted by Gasteiger charge is 2.22. The Morgan fingerprint density at radius 2 is 1.85 bits per heavy atom. The van der Waals surface area contributed by atoms with E-state index in [0.717, 1.165) is 11.4 Å². The van der Waals surface area contributed by atoms with Crippen LogP contribution in [0.25, 0.3) is 0 Å². The largest absolute Gasteiger partial charge is 0.474 e. The Morgan fingerprint density at radius 1 is 1.05 bits per heavy atom. The molecule has 1 atom stereocenters. The first kappa shape index (κ1) is 12.9. The topological polar surface area (TPSA) is 34.5 Å². The number of nitrogens with zero attached hydrogens (tertiary/aromatic N) is 2. The maximum absolute atomic E-state index is 5.73. The molecule has 3 heteroatoms. The molecule has 0 fully saturated rings. The Balaban J connectivity index is 1.87. The molecule has 20 heavy (non-hydrogen) atoms. The second kappa shape index (κ2) is 5.45. The molecule has 102 valence electrons. The first-order valence-electron chi connectivity index (χ1n) is 6.97. The van der Waals surface area contributed by atoms with Crippen LogP contribution in [-0.2, 0) is 4.74 Å². The van der Waals surface area contributed by atoms with Gasteiger partial charge in [0, 0.05) is 5.69 Å². The smallest absolute Gasteiger partial charge is 0.236 e. The van der Waals surface area contributed by atoms with E-state index in [2.05, 4.69) is 36.0 Å². The molecule has 2 aromatic rings. The van der Waals surface area contributed by atoms with Crippen LogP contribution in [0.15, 0.2) is 53.5 Å². The molecule has 3 nitrogen and oxygen atoms in total. The molecule has 2 heterocycles. The van der Waals surface area contributed by atoms with Gasteiger partial charge in [0.25, 0.3) is 0 Å². The monoisotopic (exact) mass is 266 g/mol. The minimum absolute atomic E-state index is 0.0794. The molecule has 0 radical (unpaired) electrons. The number of hydrogen-bond donors (Lipinski definition) is 0. The lowest BCUT2D eigenvalue weighted by atomic mass is 10.1. The van der Waals surface area contributed by atoms with Gasteiger partial charge in [0.2, 0.25) is 5.90 Å². The van der Waals surface area contributed by atoms with Crippen LogP contribution in [0.5, 0.6) is 0 Å². The third kappa shape index (κ3) is 2.57. The predicted molar refractivity (Wildman–Crippen MR) is 80.0 cm³/mol. The summed E-state index contributed by atoms with van der Waals surface area (Å²) < 4.78 is 5.73. The predicted octanol–water partition coefficient (Wildman–Crippen LogP) is 3.72. The zero-order valence-electron chi connectivity index (χ0n) is 11.8. The van der Waals surface area contributed by atoms with E-state index in [-0.39, 0.29) is 6.04 Å². The lowest BCUT2D eigenvalue weighted by Crippen LogP contribution is -2.06. The van der Waals surface area contributed by atoms with Crippen LogP contribution in [-0.4, -0.2) is 17.5 Å². The van der Waals surface area contributed by atoms with Crippen molar-refractivity contribution in [3.63, 3.8) is 0 Å². The number of aliphatic imine (C=N–C) groups is 1. The molecule has 1 aliphatic heterocycles. The minimum atomic E-state index is 0.0794. The number of pyridine rings is 1. The quantitative estimate of drug-likeness (QED) is 0.848. The molecule has 0 unspecified atom stereocenters. The van der Waals surface area contributed by atoms with Crippen LogP contribution in [0.3, 0.4) is 0 Å². The van der Waals surface area contributed by atoms with Crippen LogP contribution in [0.1, 0.15) is 42.8 Å². The van der Waals surface area contributed by atoms with Crippen molar-refractivity contribution in [2.75, 3.05) is 6.61 Å². The average Bonchev–Trinajstić information content (AvgIpc) is 2.98. The summed E-state index contributed by atoms with van der Waals surface area (Å²) in [7, 11) is 0. The van der Waals surface area contributed by atoms with E-state index >= 15 is 0 Å². The number of ether oxygens (including phenoxy) is 1. The molecule has 3 rings (SSSR count). The lowest BCUT2D eigenvalue weighted by Gasteiger charge is -2.06. The van der Waals surface area contributed by atoms with Gasteiger partial charge < -0.3 is 4.74 Å². The summed E-state index contributed by atoms with van der Waals surface area (Å²) >= 11 is 0. The van der Waals surface area contributed by atoms with Gasteiger partial charge in [0.05, 0.1) is 0 Å². The van der Waals surface area contributed by atoms with Crippen LogP contribution in [0.2, 0.25) is 0 Å². The summed E-state index contributed by atoms with van der Waals surface area (Å²) in [6.45, 7) is 4.86. The summed E-state index contributed by atoms with van der Waals surface area (Å²) in [5, 5.41) is 0. The summed E-state index contributed by atoms with van der Waals surface area (Å²) in [5.41, 5.74) is 3.08. The summed E-state index contributed by atoms with van der Waals surface area (Å²) in [6.07, 6.45) is 0. The van der Waals surface area contributed by atoms with Crippen LogP contribution >= 0.6 is 0 Å². The minimum Gasteiger partial charge on any atom is -0.474 e. The Bertz CT molecular complexity index is 620. The Kier molecular flexibility index (Phi) is 3.50. The van der Waals surface area contributed by atoms with Crippen molar-refractivity contribution in [1.29, 1.82) is 0 Å². The maximum Gasteiger partial charge on any atom is 0.236 e. The second-order valence-corrected chi connectivity index (χ2v) is 5.27. The highest BCUT2D eigenvalue weighted by Crippen LogP contribution is 2.24. The van der Waals surface area contributed by atoms with Gasteiger partial charge in [-0.15, -0.1) is 0 Å². The van der Waals surface area contributed by atoms with Crippen molar-refractivity contribution in [2.24, 2.45) is 4.99 Å². The molecule has 0 aliphatic carbocycles. The van der Waals surface area contributed by atoms with Gasteiger partial charge in [-0.1, -0.05) is 50.2 Å². The van der Waals surface area contributed by atoms with Gasteiger partial charge in [-0.3, -0.25) is 0 Å². The number of rotatable bonds is 3. The first-order chi connectivity index (χ1) is 9.74. The van der Waals surface area contributed by atoms with Crippen LogP contribution < -0.4 is 0 Å². The highest BCUT2D eigenvalue weighted by molar-refractivity contribution is 5.93. The Morgan fingerprint density at radius 3 is 2.60 bits per heavy atom. The molecule has 1 aliphatic rings. The zero-order valence-corrected chi connectivity index (χ0v) is 11.8. The molecule has 1 aromatic heterocycles. The van der Waals surface area contributed by atoms with Gasteiger partial charge in [-0.05, 0) is 23.6 Å². The molecule has 0 saturated heterocycles. The maximum atomic E-state index is 5.73. The standard InChI is InChI=1S/C17H18N2O/c1-12(2)14-9-6-10-15(18-14)17-19-16(11-20-17)13-7-4-3-5-8-13/h3-10,12,16H,11H2,1-2H3/t16-/m0/s1. The van der Waals surface area contributed by atoms with E-state index in [1.54, 1.807) is 0 Å². The molecule has 0 N–H and O–H groups in total. The van der Waals surface area contributed by atoms with E-state index in [0.29, 0.717) is 18.4 Å². The number of hydrogen-bond acceptors (Lipinski definition) is 3. The third-order valence-corrected chi connectivity index (χ3v) is 3.42. The molecule has 0 amide bonds. The van der Waals surface area contributed by atoms with Crippen molar-refractivity contribution < 1.29 is 4.74 Å². The van der Waals surface area contributed by atoms with Crippen LogP contribution in [0.4, 0.5) is 0 Å². The van der Waals surface area contributed by atoms with Crippen molar-refractivity contribution in [3.05, 3.63) is 65.5 Å². The van der Waals surface area contributed by atoms with Gasteiger partial charge >= 0.3 is 0 Å². The SMILES string of the molecule is CC(C)c1cccc(C2=N[C@H](c3ccccc3)CO2)n1. The van der Waals surface area contributed by atoms with Crippen molar-refractivity contribution >= 4 is 5.90 Å². The Hall–Kier alpha value is -2.16. The van der Waals surface area contributed by atoms with E-state index in [1.807, 2.05) is 36.4 Å². The van der Waals surface area contributed by atoms with E-state index in [1.165, 1.54) is 5.56 Å². The zero-order chi connectivity index (χ0) is 13.9. The molecule has 0 bridgehead atoms. The highest BCUT2D eigenvalue weighted by atomic mass is 16.5. The number of aromatic nitrogens is 1. The van der Waals surface area contributed by atoms with Gasteiger partial charge in [-0.25, -0.2) is 9.98 Å². The van der Waals surface area contributed by atoms with Crippen molar-refractivity contribution in [2.45, 2.75) is 25.8 Å². The first-order valence-corrected chi connectivity index (χ1v) is 6.97. The van der Waals surface area contributed by atoms with Crippen LogP contribution in [0, 0.1) is 0 Å². The van der Waals surface area contributed by atoms with Gasteiger partial charge in [0.1, 0.15) is 18.3 Å². The average molecular weight is 266 g/mol. The fourth-order valence-electron chi connectivity index (χ4n) is 2.25. The second-order valence-electron chi connectivity index (χ2n) is 5.27. The summed E-state index contributed by atoms with van der Waals surface area (Å²) in [5.74, 6) is 1.06. The van der Waals surface area contributed by atoms with Gasteiger partial charge in [-0.2, -0.15) is 0 Å². The molecule has 0 spiro atoms. The molecule has 0 saturated carbocycles. The number of benzene rings is 1. The Labute approximate surface area is 119 Å². The molecular weight excluding hydrogens is 248 g/mol. The van der Waals surface area contributed by atoms with E-state index in [4.69, 9.17) is 4.74 Å². The molecule has 1 aromatic carbocycles. The molecular formula is C17H18N2O. The normalized spacial score (nSPS) is 17.9. The summed E-state index contributed by atoms with van der Waals surface area (Å²) in [4.78, 5) is 9.29. The van der Waals surface area contributed by atoms with Crippen molar-refractivity contribution in [3.8, 4) is 0 Å². The summed E-state index contributed by atoms with van der Waals surface area (Å²) in [6, 6.07) is 16.3. The fraction of sp³-hybridized carbons (Fsp3) is 0.294.